The van der Waals surface area contributed by atoms with E-state index in [1.165, 1.54) is 30.3 Å². The molecule has 2 N–H and O–H groups in total. The second-order valence-corrected chi connectivity index (χ2v) is 5.32. The monoisotopic (exact) mass is 325 g/mol. The molecule has 0 atom stereocenters. The molecule has 2 aromatic rings. The van der Waals surface area contributed by atoms with Crippen molar-refractivity contribution in [3.8, 4) is 0 Å². The molecule has 0 aromatic heterocycles. The Labute approximate surface area is 135 Å². The molecular formula is C17H11NO6. The Bertz CT molecular complexity index is 931. The number of imide groups is 1. The van der Waals surface area contributed by atoms with Crippen LogP contribution in [0.3, 0.4) is 0 Å². The van der Waals surface area contributed by atoms with Crippen LogP contribution in [-0.4, -0.2) is 34.0 Å². The van der Waals surface area contributed by atoms with Crippen LogP contribution in [-0.2, 0) is 0 Å². The van der Waals surface area contributed by atoms with Crippen LogP contribution < -0.4 is 4.90 Å². The van der Waals surface area contributed by atoms with E-state index in [1.54, 1.807) is 6.92 Å². The van der Waals surface area contributed by atoms with Crippen LogP contribution >= 0.6 is 0 Å². The second-order valence-electron chi connectivity index (χ2n) is 5.32. The maximum atomic E-state index is 12.6. The van der Waals surface area contributed by atoms with Crippen molar-refractivity contribution in [3.05, 3.63) is 64.2 Å². The van der Waals surface area contributed by atoms with Gasteiger partial charge in [0.1, 0.15) is 0 Å². The highest BCUT2D eigenvalue weighted by Gasteiger charge is 2.38. The minimum absolute atomic E-state index is 0.0139. The number of aromatic carboxylic acids is 2. The molecule has 0 bridgehead atoms. The largest absolute Gasteiger partial charge is 0.478 e. The number of anilines is 1. The van der Waals surface area contributed by atoms with Crippen molar-refractivity contribution in [2.24, 2.45) is 0 Å². The number of nitrogens with zero attached hydrogens (tertiary/aromatic N) is 1. The van der Waals surface area contributed by atoms with Crippen molar-refractivity contribution in [1.29, 1.82) is 0 Å². The predicted octanol–water partition coefficient (Wildman–Crippen LogP) is 2.19. The molecule has 1 aliphatic rings. The molecule has 120 valence electrons. The highest BCUT2D eigenvalue weighted by atomic mass is 16.4. The van der Waals surface area contributed by atoms with Gasteiger partial charge in [-0.1, -0.05) is 6.07 Å². The number of benzene rings is 2. The molecule has 7 nitrogen and oxygen atoms in total. The van der Waals surface area contributed by atoms with Crippen LogP contribution in [0.4, 0.5) is 5.69 Å². The molecule has 7 heteroatoms. The highest BCUT2D eigenvalue weighted by molar-refractivity contribution is 6.35. The number of hydrogen-bond donors (Lipinski definition) is 2. The summed E-state index contributed by atoms with van der Waals surface area (Å²) < 4.78 is 0. The van der Waals surface area contributed by atoms with Gasteiger partial charge in [-0.05, 0) is 42.8 Å². The molecule has 0 unspecified atom stereocenters. The van der Waals surface area contributed by atoms with E-state index in [-0.39, 0.29) is 27.9 Å². The Balaban J connectivity index is 2.13. The molecule has 3 rings (SSSR count). The topological polar surface area (TPSA) is 112 Å². The smallest absolute Gasteiger partial charge is 0.335 e. The summed E-state index contributed by atoms with van der Waals surface area (Å²) in [5.41, 5.74) is 0.627. The Morgan fingerprint density at radius 3 is 2.00 bits per heavy atom. The average Bonchev–Trinajstić information content (AvgIpc) is 2.79. The quantitative estimate of drug-likeness (QED) is 0.837. The first-order chi connectivity index (χ1) is 11.3. The molecule has 24 heavy (non-hydrogen) atoms. The van der Waals surface area contributed by atoms with Gasteiger partial charge in [0.15, 0.2) is 0 Å². The third kappa shape index (κ3) is 2.23. The van der Waals surface area contributed by atoms with Gasteiger partial charge in [0, 0.05) is 0 Å². The average molecular weight is 325 g/mol. The van der Waals surface area contributed by atoms with Gasteiger partial charge in [-0.25, -0.2) is 14.5 Å². The zero-order valence-corrected chi connectivity index (χ0v) is 12.4. The highest BCUT2D eigenvalue weighted by Crippen LogP contribution is 2.31. The van der Waals surface area contributed by atoms with Crippen molar-refractivity contribution in [3.63, 3.8) is 0 Å². The third-order valence-electron chi connectivity index (χ3n) is 3.83. The number of carboxylic acid groups (broad SMARTS) is 2. The van der Waals surface area contributed by atoms with E-state index in [2.05, 4.69) is 0 Å². The summed E-state index contributed by atoms with van der Waals surface area (Å²) in [6.07, 6.45) is 0. The number of hydrogen-bond acceptors (Lipinski definition) is 4. The minimum atomic E-state index is -1.21. The SMILES string of the molecule is Cc1ccc(C(=O)O)cc1N1C(=O)c2ccc(C(=O)O)cc2C1=O. The first-order valence-electron chi connectivity index (χ1n) is 6.91. The summed E-state index contributed by atoms with van der Waals surface area (Å²) in [5, 5.41) is 18.1. The van der Waals surface area contributed by atoms with E-state index < -0.39 is 23.8 Å². The van der Waals surface area contributed by atoms with Gasteiger partial charge < -0.3 is 10.2 Å². The second kappa shape index (κ2) is 5.31. The van der Waals surface area contributed by atoms with Crippen LogP contribution in [0.2, 0.25) is 0 Å². The number of carbonyl (C=O) groups excluding carboxylic acids is 2. The Hall–Kier alpha value is -3.48. The molecule has 1 aliphatic heterocycles. The zero-order valence-electron chi connectivity index (χ0n) is 12.4. The fraction of sp³-hybridized carbons (Fsp3) is 0.0588. The van der Waals surface area contributed by atoms with E-state index in [0.29, 0.717) is 5.56 Å². The van der Waals surface area contributed by atoms with E-state index in [0.717, 1.165) is 11.0 Å². The summed E-state index contributed by atoms with van der Waals surface area (Å²) in [7, 11) is 0. The van der Waals surface area contributed by atoms with Crippen LogP contribution in [0.15, 0.2) is 36.4 Å². The van der Waals surface area contributed by atoms with E-state index in [1.807, 2.05) is 0 Å². The van der Waals surface area contributed by atoms with Gasteiger partial charge in [-0.2, -0.15) is 0 Å². The number of aryl methyl sites for hydroxylation is 1. The van der Waals surface area contributed by atoms with Gasteiger partial charge in [0.25, 0.3) is 11.8 Å². The standard InChI is InChI=1S/C17H11NO6/c1-8-2-3-10(17(23)24)7-13(8)18-14(19)11-5-4-9(16(21)22)6-12(11)15(18)20/h2-7H,1H3,(H,21,22)(H,23,24). The van der Waals surface area contributed by atoms with Crippen LogP contribution in [0.1, 0.15) is 47.0 Å². The van der Waals surface area contributed by atoms with Crippen LogP contribution in [0.5, 0.6) is 0 Å². The Kier molecular flexibility index (Phi) is 3.41. The molecule has 0 fully saturated rings. The molecule has 0 aliphatic carbocycles. The molecule has 0 spiro atoms. The lowest BCUT2D eigenvalue weighted by Crippen LogP contribution is -2.30. The van der Waals surface area contributed by atoms with E-state index in [4.69, 9.17) is 10.2 Å². The first-order valence-corrected chi connectivity index (χ1v) is 6.91. The molecule has 2 amide bonds. The van der Waals surface area contributed by atoms with Gasteiger partial charge in [0.2, 0.25) is 0 Å². The Morgan fingerprint density at radius 1 is 0.833 bits per heavy atom. The van der Waals surface area contributed by atoms with Crippen molar-refractivity contribution < 1.29 is 29.4 Å². The molecule has 0 radical (unpaired) electrons. The summed E-state index contributed by atoms with van der Waals surface area (Å²) in [6.45, 7) is 1.65. The number of rotatable bonds is 3. The van der Waals surface area contributed by atoms with Crippen LogP contribution in [0, 0.1) is 6.92 Å². The summed E-state index contributed by atoms with van der Waals surface area (Å²) in [4.78, 5) is 48.2. The predicted molar refractivity (Wildman–Crippen MR) is 82.7 cm³/mol. The molecule has 2 aromatic carbocycles. The number of amides is 2. The molecule has 0 saturated carbocycles. The number of carboxylic acids is 2. The van der Waals surface area contributed by atoms with Crippen molar-refractivity contribution in [2.45, 2.75) is 6.92 Å². The van der Waals surface area contributed by atoms with E-state index in [9.17, 15) is 19.2 Å². The number of carbonyl (C=O) groups is 4. The fourth-order valence-corrected chi connectivity index (χ4v) is 2.58. The lowest BCUT2D eigenvalue weighted by molar-refractivity contribution is 0.0686. The Morgan fingerprint density at radius 2 is 1.38 bits per heavy atom. The summed E-state index contributed by atoms with van der Waals surface area (Å²) >= 11 is 0. The number of fused-ring (bicyclic) bond motifs is 1. The van der Waals surface area contributed by atoms with Crippen molar-refractivity contribution in [1.82, 2.24) is 0 Å². The maximum Gasteiger partial charge on any atom is 0.335 e. The van der Waals surface area contributed by atoms with Gasteiger partial charge in [-0.3, -0.25) is 9.59 Å². The molecule has 0 saturated heterocycles. The van der Waals surface area contributed by atoms with Gasteiger partial charge >= 0.3 is 11.9 Å². The zero-order chi connectivity index (χ0) is 17.6. The summed E-state index contributed by atoms with van der Waals surface area (Å²) in [5.74, 6) is -3.68. The van der Waals surface area contributed by atoms with Gasteiger partial charge in [-0.15, -0.1) is 0 Å². The molecule has 1 heterocycles. The summed E-state index contributed by atoms with van der Waals surface area (Å²) in [6, 6.07) is 7.81. The maximum absolute atomic E-state index is 12.6. The normalized spacial score (nSPS) is 13.1. The van der Waals surface area contributed by atoms with E-state index >= 15 is 0 Å². The van der Waals surface area contributed by atoms with Crippen molar-refractivity contribution in [2.75, 3.05) is 4.90 Å². The van der Waals surface area contributed by atoms with Gasteiger partial charge in [0.05, 0.1) is 27.9 Å². The fourth-order valence-electron chi connectivity index (χ4n) is 2.58. The van der Waals surface area contributed by atoms with Crippen LogP contribution in [0.25, 0.3) is 0 Å². The molecular weight excluding hydrogens is 314 g/mol. The lowest BCUT2D eigenvalue weighted by Gasteiger charge is -2.17. The van der Waals surface area contributed by atoms with Crippen molar-refractivity contribution >= 4 is 29.4 Å². The first kappa shape index (κ1) is 15.4. The third-order valence-corrected chi connectivity index (χ3v) is 3.83. The minimum Gasteiger partial charge on any atom is -0.478 e. The lowest BCUT2D eigenvalue weighted by atomic mass is 10.1.